The molecule has 5 unspecified atom stereocenters. The van der Waals surface area contributed by atoms with Gasteiger partial charge >= 0.3 is 6.92 Å². The van der Waals surface area contributed by atoms with Gasteiger partial charge in [0.2, 0.25) is 0 Å². The number of rotatable bonds is 2. The van der Waals surface area contributed by atoms with Crippen molar-refractivity contribution in [3.63, 3.8) is 0 Å². The van der Waals surface area contributed by atoms with E-state index in [4.69, 9.17) is 10.1 Å². The first-order valence-electron chi connectivity index (χ1n) is 8.83. The molecule has 1 nitrogen and oxygen atoms in total. The Balaban J connectivity index is 1.65. The van der Waals surface area contributed by atoms with Crippen LogP contribution in [0.4, 0.5) is 0 Å². The van der Waals surface area contributed by atoms with Crippen LogP contribution in [0.15, 0.2) is 12.2 Å². The molecule has 1 saturated heterocycles. The lowest BCUT2D eigenvalue weighted by Gasteiger charge is -2.37. The molecular formula is C14H21BO. The standard InChI is InChI=1S/C14H21BO/c1-16-15-13(9-4-2-3-5-9)10-6-7-11-12(8-10)14(11)15/h6-7,9-14H,2-5,8H2,1H3/t10?,11?,12?,13-,14?/m1/s1/i1D3,8D/t8?,10?,11?,12?,13-,14?. The van der Waals surface area contributed by atoms with Crippen LogP contribution in [0.1, 0.15) is 37.6 Å². The molecule has 1 heterocycles. The van der Waals surface area contributed by atoms with Gasteiger partial charge in [-0.25, -0.2) is 0 Å². The molecule has 0 spiro atoms. The van der Waals surface area contributed by atoms with Gasteiger partial charge in [-0.05, 0) is 41.7 Å². The lowest BCUT2D eigenvalue weighted by molar-refractivity contribution is 0.306. The summed E-state index contributed by atoms with van der Waals surface area (Å²) in [5.74, 6) is 2.09. The summed E-state index contributed by atoms with van der Waals surface area (Å²) < 4.78 is 36.5. The zero-order valence-electron chi connectivity index (χ0n) is 13.5. The molecule has 0 radical (unpaired) electrons. The average molecular weight is 220 g/mol. The van der Waals surface area contributed by atoms with Crippen molar-refractivity contribution in [3.8, 4) is 0 Å². The van der Waals surface area contributed by atoms with Crippen molar-refractivity contribution in [3.05, 3.63) is 12.2 Å². The number of hydrogen-bond donors (Lipinski definition) is 0. The van der Waals surface area contributed by atoms with E-state index in [0.29, 0.717) is 23.6 Å². The Morgan fingerprint density at radius 3 is 3.00 bits per heavy atom. The lowest BCUT2D eigenvalue weighted by Crippen LogP contribution is -2.36. The summed E-state index contributed by atoms with van der Waals surface area (Å²) in [4.78, 5) is 0. The van der Waals surface area contributed by atoms with Gasteiger partial charge in [0.15, 0.2) is 0 Å². The van der Waals surface area contributed by atoms with E-state index in [1.165, 1.54) is 25.7 Å². The van der Waals surface area contributed by atoms with Crippen LogP contribution in [0.5, 0.6) is 0 Å². The summed E-state index contributed by atoms with van der Waals surface area (Å²) in [5, 5.41) is 0. The molecule has 3 fully saturated rings. The highest BCUT2D eigenvalue weighted by molar-refractivity contribution is 6.57. The van der Waals surface area contributed by atoms with Gasteiger partial charge in [0.05, 0.1) is 4.11 Å². The highest BCUT2D eigenvalue weighted by Gasteiger charge is 2.64. The predicted octanol–water partition coefficient (Wildman–Crippen LogP) is 3.39. The molecule has 3 aliphatic carbocycles. The van der Waals surface area contributed by atoms with E-state index >= 15 is 0 Å². The molecular weight excluding hydrogens is 195 g/mol. The Hall–Kier alpha value is -0.235. The van der Waals surface area contributed by atoms with Crippen LogP contribution in [0.25, 0.3) is 0 Å². The molecule has 0 aromatic carbocycles. The zero-order chi connectivity index (χ0) is 14.1. The normalized spacial score (nSPS) is 58.9. The van der Waals surface area contributed by atoms with Crippen molar-refractivity contribution >= 4 is 6.92 Å². The van der Waals surface area contributed by atoms with Crippen molar-refractivity contribution < 1.29 is 10.1 Å². The maximum absolute atomic E-state index is 8.48. The van der Waals surface area contributed by atoms with E-state index < -0.39 is 7.04 Å². The van der Waals surface area contributed by atoms with Crippen LogP contribution in [-0.2, 0) is 4.65 Å². The van der Waals surface area contributed by atoms with E-state index in [1.54, 1.807) is 0 Å². The Morgan fingerprint density at radius 1 is 1.31 bits per heavy atom. The molecule has 0 aromatic heterocycles. The molecule has 0 N–H and O–H groups in total. The molecule has 2 heteroatoms. The molecule has 6 atom stereocenters. The first kappa shape index (κ1) is 6.63. The average Bonchev–Trinajstić information content (AvgIpc) is 2.90. The van der Waals surface area contributed by atoms with E-state index in [1.807, 2.05) is 0 Å². The number of fused-ring (bicyclic) bond motifs is 2. The fourth-order valence-corrected chi connectivity index (χ4v) is 4.73. The van der Waals surface area contributed by atoms with Crippen molar-refractivity contribution in [1.29, 1.82) is 0 Å². The summed E-state index contributed by atoms with van der Waals surface area (Å²) in [6.45, 7) is -0.151. The SMILES string of the molecule is [2H]C1C2C3C=CC1[C@@H](C1CCCC1)B(OC([2H])([2H])[2H])C32. The van der Waals surface area contributed by atoms with Crippen molar-refractivity contribution in [1.82, 2.24) is 0 Å². The van der Waals surface area contributed by atoms with E-state index in [2.05, 4.69) is 12.2 Å². The Labute approximate surface area is 104 Å². The summed E-state index contributed by atoms with van der Waals surface area (Å²) in [5.41, 5.74) is 0. The minimum atomic E-state index is -2.30. The Morgan fingerprint density at radius 2 is 2.19 bits per heavy atom. The molecule has 4 rings (SSSR count). The zero-order valence-corrected chi connectivity index (χ0v) is 9.51. The van der Waals surface area contributed by atoms with Crippen LogP contribution in [0, 0.1) is 23.7 Å². The second-order valence-corrected chi connectivity index (χ2v) is 6.09. The highest BCUT2D eigenvalue weighted by Crippen LogP contribution is 2.69. The van der Waals surface area contributed by atoms with Gasteiger partial charge in [-0.3, -0.25) is 0 Å². The van der Waals surface area contributed by atoms with Gasteiger partial charge in [-0.15, -0.1) is 0 Å². The van der Waals surface area contributed by atoms with Gasteiger partial charge in [-0.1, -0.05) is 37.8 Å². The van der Waals surface area contributed by atoms with E-state index in [0.717, 1.165) is 0 Å². The highest BCUT2D eigenvalue weighted by atomic mass is 16.4. The summed E-state index contributed by atoms with van der Waals surface area (Å²) in [6, 6.07) is 0. The van der Waals surface area contributed by atoms with Crippen molar-refractivity contribution in [2.75, 3.05) is 7.04 Å². The molecule has 86 valence electrons. The third kappa shape index (κ3) is 1.17. The quantitative estimate of drug-likeness (QED) is 0.512. The van der Waals surface area contributed by atoms with Crippen LogP contribution in [0.2, 0.25) is 11.6 Å². The van der Waals surface area contributed by atoms with Crippen molar-refractivity contribution in [2.24, 2.45) is 23.7 Å². The largest absolute Gasteiger partial charge is 0.438 e. The summed E-state index contributed by atoms with van der Waals surface area (Å²) in [7, 11) is -2.30. The topological polar surface area (TPSA) is 9.23 Å². The van der Waals surface area contributed by atoms with Crippen LogP contribution in [-0.4, -0.2) is 14.0 Å². The van der Waals surface area contributed by atoms with Crippen LogP contribution < -0.4 is 0 Å². The third-order valence-corrected chi connectivity index (χ3v) is 5.48. The number of allylic oxidation sites excluding steroid dienone is 2. The van der Waals surface area contributed by atoms with Gasteiger partial charge in [0.25, 0.3) is 0 Å². The Bertz CT molecular complexity index is 431. The fraction of sp³-hybridized carbons (Fsp3) is 0.857. The first-order valence-corrected chi connectivity index (χ1v) is 6.76. The lowest BCUT2D eigenvalue weighted by atomic mass is 9.41. The summed E-state index contributed by atoms with van der Waals surface area (Å²) in [6.07, 6.45) is 9.30. The first-order chi connectivity index (χ1) is 9.47. The van der Waals surface area contributed by atoms with E-state index in [-0.39, 0.29) is 25.0 Å². The maximum atomic E-state index is 8.48. The van der Waals surface area contributed by atoms with Crippen molar-refractivity contribution in [2.45, 2.75) is 43.7 Å². The van der Waals surface area contributed by atoms with Crippen LogP contribution in [0.3, 0.4) is 0 Å². The summed E-state index contributed by atoms with van der Waals surface area (Å²) >= 11 is 0. The fourth-order valence-electron chi connectivity index (χ4n) is 4.73. The molecule has 4 aliphatic rings. The molecule has 2 bridgehead atoms. The molecule has 1 aliphatic heterocycles. The molecule has 2 saturated carbocycles. The molecule has 0 amide bonds. The minimum absolute atomic E-state index is 0.0305. The van der Waals surface area contributed by atoms with Gasteiger partial charge in [0, 0.05) is 8.41 Å². The Kier molecular flexibility index (Phi) is 1.40. The smallest absolute Gasteiger partial charge is 0.300 e. The maximum Gasteiger partial charge on any atom is 0.300 e. The minimum Gasteiger partial charge on any atom is -0.438 e. The molecule has 0 aromatic rings. The van der Waals surface area contributed by atoms with Gasteiger partial charge in [0.1, 0.15) is 0 Å². The molecule has 16 heavy (non-hydrogen) atoms. The predicted molar refractivity (Wildman–Crippen MR) is 66.4 cm³/mol. The second kappa shape index (κ2) is 3.38. The second-order valence-electron chi connectivity index (χ2n) is 6.09. The third-order valence-electron chi connectivity index (χ3n) is 5.48. The monoisotopic (exact) mass is 220 g/mol. The number of hydrogen-bond acceptors (Lipinski definition) is 1. The van der Waals surface area contributed by atoms with Crippen LogP contribution >= 0.6 is 0 Å². The van der Waals surface area contributed by atoms with Gasteiger partial charge < -0.3 is 4.65 Å². The van der Waals surface area contributed by atoms with Gasteiger partial charge in [-0.2, -0.15) is 0 Å². The van der Waals surface area contributed by atoms with E-state index in [9.17, 15) is 0 Å².